The molecule has 1 heterocycles. The maximum atomic E-state index is 12.9. The molecule has 0 radical (unpaired) electrons. The Balaban J connectivity index is 1.98. The van der Waals surface area contributed by atoms with Gasteiger partial charge in [0.15, 0.2) is 16.6 Å². The standard InChI is InChI=1S/C19H19N3O3S/c1-11-16(18(24)21-13-6-4-3-5-7-13)17(22-19(26)20-11)12-8-9-14(23)15(10-12)25-2/h3-10,17,23H,1-2H3,(H,21,24)(H2,20,22,26)/t17-/m0/s1. The van der Waals surface area contributed by atoms with Crippen molar-refractivity contribution in [3.63, 3.8) is 0 Å². The highest BCUT2D eigenvalue weighted by atomic mass is 32.1. The minimum atomic E-state index is -0.470. The number of amides is 1. The molecule has 134 valence electrons. The van der Waals surface area contributed by atoms with E-state index in [1.165, 1.54) is 13.2 Å². The predicted molar refractivity (Wildman–Crippen MR) is 104 cm³/mol. The number of thiocarbonyl (C=S) groups is 1. The van der Waals surface area contributed by atoms with Gasteiger partial charge in [0.25, 0.3) is 5.91 Å². The first-order valence-corrected chi connectivity index (χ1v) is 8.42. The maximum absolute atomic E-state index is 12.9. The average Bonchev–Trinajstić information content (AvgIpc) is 2.62. The van der Waals surface area contributed by atoms with Crippen LogP contribution in [-0.4, -0.2) is 23.2 Å². The lowest BCUT2D eigenvalue weighted by Crippen LogP contribution is -2.45. The Morgan fingerprint density at radius 3 is 2.65 bits per heavy atom. The van der Waals surface area contributed by atoms with E-state index in [2.05, 4.69) is 16.0 Å². The van der Waals surface area contributed by atoms with Gasteiger partial charge in [-0.2, -0.15) is 0 Å². The first-order valence-electron chi connectivity index (χ1n) is 8.01. The zero-order valence-electron chi connectivity index (χ0n) is 14.4. The van der Waals surface area contributed by atoms with Crippen molar-refractivity contribution < 1.29 is 14.6 Å². The van der Waals surface area contributed by atoms with E-state index in [-0.39, 0.29) is 11.7 Å². The molecule has 0 fully saturated rings. The number of allylic oxidation sites excluding steroid dienone is 1. The van der Waals surface area contributed by atoms with Crippen molar-refractivity contribution in [2.75, 3.05) is 12.4 Å². The molecule has 26 heavy (non-hydrogen) atoms. The monoisotopic (exact) mass is 369 g/mol. The molecule has 0 spiro atoms. The van der Waals surface area contributed by atoms with Crippen LogP contribution in [0.2, 0.25) is 0 Å². The van der Waals surface area contributed by atoms with E-state index < -0.39 is 6.04 Å². The van der Waals surface area contributed by atoms with Crippen LogP contribution >= 0.6 is 12.2 Å². The van der Waals surface area contributed by atoms with Gasteiger partial charge in [-0.1, -0.05) is 24.3 Å². The molecule has 1 aliphatic heterocycles. The molecule has 0 bridgehead atoms. The van der Waals surface area contributed by atoms with Crippen LogP contribution in [0.25, 0.3) is 0 Å². The Labute approximate surface area is 156 Å². The largest absolute Gasteiger partial charge is 0.504 e. The predicted octanol–water partition coefficient (Wildman–Crippen LogP) is 2.83. The first-order chi connectivity index (χ1) is 12.5. The minimum Gasteiger partial charge on any atom is -0.504 e. The van der Waals surface area contributed by atoms with Crippen LogP contribution in [0.15, 0.2) is 59.8 Å². The fourth-order valence-electron chi connectivity index (χ4n) is 2.84. The second kappa shape index (κ2) is 7.45. The Hall–Kier alpha value is -3.06. The SMILES string of the molecule is COc1cc([C@@H]2NC(=S)NC(C)=C2C(=O)Nc2ccccc2)ccc1O. The number of ether oxygens (including phenoxy) is 1. The Kier molecular flexibility index (Phi) is 5.09. The number of anilines is 1. The number of rotatable bonds is 4. The fraction of sp³-hybridized carbons (Fsp3) is 0.158. The zero-order chi connectivity index (χ0) is 18.7. The van der Waals surface area contributed by atoms with Crippen LogP contribution in [-0.2, 0) is 4.79 Å². The molecule has 2 aromatic carbocycles. The summed E-state index contributed by atoms with van der Waals surface area (Å²) in [6.45, 7) is 1.80. The van der Waals surface area contributed by atoms with Gasteiger partial charge in [-0.25, -0.2) is 0 Å². The van der Waals surface area contributed by atoms with Crippen LogP contribution in [0.3, 0.4) is 0 Å². The number of hydrogen-bond donors (Lipinski definition) is 4. The van der Waals surface area contributed by atoms with Crippen LogP contribution in [0.4, 0.5) is 5.69 Å². The molecule has 1 aliphatic rings. The van der Waals surface area contributed by atoms with Gasteiger partial charge in [-0.3, -0.25) is 4.79 Å². The summed E-state index contributed by atoms with van der Waals surface area (Å²) in [5, 5.41) is 19.3. The van der Waals surface area contributed by atoms with Crippen molar-refractivity contribution in [2.24, 2.45) is 0 Å². The van der Waals surface area contributed by atoms with Gasteiger partial charge >= 0.3 is 0 Å². The summed E-state index contributed by atoms with van der Waals surface area (Å²) in [4.78, 5) is 12.9. The summed E-state index contributed by atoms with van der Waals surface area (Å²) in [7, 11) is 1.48. The first kappa shape index (κ1) is 17.8. The van der Waals surface area contributed by atoms with Gasteiger partial charge < -0.3 is 25.8 Å². The molecule has 0 aliphatic carbocycles. The van der Waals surface area contributed by atoms with E-state index in [0.717, 1.165) is 5.56 Å². The van der Waals surface area contributed by atoms with Crippen molar-refractivity contribution in [2.45, 2.75) is 13.0 Å². The molecule has 0 aromatic heterocycles. The Bertz CT molecular complexity index is 881. The summed E-state index contributed by atoms with van der Waals surface area (Å²) in [5.41, 5.74) is 2.63. The number of carbonyl (C=O) groups excluding carboxylic acids is 1. The molecule has 4 N–H and O–H groups in total. The molecule has 3 rings (SSSR count). The van der Waals surface area contributed by atoms with Crippen molar-refractivity contribution in [1.29, 1.82) is 0 Å². The average molecular weight is 369 g/mol. The van der Waals surface area contributed by atoms with Crippen LogP contribution in [0, 0.1) is 0 Å². The third-order valence-corrected chi connectivity index (χ3v) is 4.30. The number of carbonyl (C=O) groups is 1. The van der Waals surface area contributed by atoms with Crippen LogP contribution in [0.1, 0.15) is 18.5 Å². The second-order valence-corrected chi connectivity index (χ2v) is 6.23. The summed E-state index contributed by atoms with van der Waals surface area (Å²) >= 11 is 5.25. The van der Waals surface area contributed by atoms with E-state index >= 15 is 0 Å². The molecule has 2 aromatic rings. The second-order valence-electron chi connectivity index (χ2n) is 5.82. The lowest BCUT2D eigenvalue weighted by atomic mass is 9.94. The summed E-state index contributed by atoms with van der Waals surface area (Å²) in [6.07, 6.45) is 0. The highest BCUT2D eigenvalue weighted by Crippen LogP contribution is 2.33. The van der Waals surface area contributed by atoms with Crippen molar-refractivity contribution in [3.05, 3.63) is 65.4 Å². The van der Waals surface area contributed by atoms with E-state index in [0.29, 0.717) is 27.8 Å². The topological polar surface area (TPSA) is 82.6 Å². The Morgan fingerprint density at radius 1 is 1.23 bits per heavy atom. The van der Waals surface area contributed by atoms with Crippen molar-refractivity contribution in [1.82, 2.24) is 10.6 Å². The number of aromatic hydroxyl groups is 1. The number of methoxy groups -OCH3 is 1. The molecular formula is C19H19N3O3S. The fourth-order valence-corrected chi connectivity index (χ4v) is 3.11. The van der Waals surface area contributed by atoms with E-state index in [1.807, 2.05) is 30.3 Å². The van der Waals surface area contributed by atoms with Gasteiger partial charge in [0, 0.05) is 11.4 Å². The third-order valence-electron chi connectivity index (χ3n) is 4.08. The molecule has 0 saturated heterocycles. The van der Waals surface area contributed by atoms with Gasteiger partial charge in [0.2, 0.25) is 0 Å². The molecule has 1 atom stereocenters. The summed E-state index contributed by atoms with van der Waals surface area (Å²) < 4.78 is 5.18. The summed E-state index contributed by atoms with van der Waals surface area (Å²) in [6, 6.07) is 13.7. The lowest BCUT2D eigenvalue weighted by Gasteiger charge is -2.30. The molecule has 7 heteroatoms. The van der Waals surface area contributed by atoms with Crippen LogP contribution < -0.4 is 20.7 Å². The van der Waals surface area contributed by atoms with Crippen LogP contribution in [0.5, 0.6) is 11.5 Å². The van der Waals surface area contributed by atoms with E-state index in [4.69, 9.17) is 17.0 Å². The van der Waals surface area contributed by atoms with Crippen molar-refractivity contribution >= 4 is 28.9 Å². The van der Waals surface area contributed by atoms with Gasteiger partial charge in [-0.15, -0.1) is 0 Å². The highest BCUT2D eigenvalue weighted by molar-refractivity contribution is 7.80. The number of nitrogens with one attached hydrogen (secondary N) is 3. The van der Waals surface area contributed by atoms with Gasteiger partial charge in [0.05, 0.1) is 18.7 Å². The lowest BCUT2D eigenvalue weighted by molar-refractivity contribution is -0.113. The molecular weight excluding hydrogens is 350 g/mol. The highest BCUT2D eigenvalue weighted by Gasteiger charge is 2.30. The van der Waals surface area contributed by atoms with Gasteiger partial charge in [-0.05, 0) is 49.0 Å². The molecule has 1 amide bonds. The smallest absolute Gasteiger partial charge is 0.255 e. The molecule has 6 nitrogen and oxygen atoms in total. The number of benzene rings is 2. The quantitative estimate of drug-likeness (QED) is 0.621. The number of phenolic OH excluding ortho intramolecular Hbond substituents is 1. The minimum absolute atomic E-state index is 0.0312. The van der Waals surface area contributed by atoms with Gasteiger partial charge in [0.1, 0.15) is 0 Å². The molecule has 0 saturated carbocycles. The van der Waals surface area contributed by atoms with Crippen molar-refractivity contribution in [3.8, 4) is 11.5 Å². The number of phenols is 1. The Morgan fingerprint density at radius 2 is 1.96 bits per heavy atom. The number of para-hydroxylation sites is 1. The van der Waals surface area contributed by atoms with E-state index in [1.54, 1.807) is 19.1 Å². The molecule has 0 unspecified atom stereocenters. The number of hydrogen-bond acceptors (Lipinski definition) is 4. The zero-order valence-corrected chi connectivity index (χ0v) is 15.2. The third kappa shape index (κ3) is 3.62. The normalized spacial score (nSPS) is 16.5. The maximum Gasteiger partial charge on any atom is 0.255 e. The van der Waals surface area contributed by atoms with E-state index in [9.17, 15) is 9.90 Å². The summed E-state index contributed by atoms with van der Waals surface area (Å²) in [5.74, 6) is 0.117.